The fourth-order valence-corrected chi connectivity index (χ4v) is 10.4. The minimum atomic E-state index is -0.645. The zero-order valence-electron chi connectivity index (χ0n) is 26.3. The quantitative estimate of drug-likeness (QED) is 0.371. The molecular formula is C35H50N2O3. The Balaban J connectivity index is 1.64. The van der Waals surface area contributed by atoms with E-state index in [0.29, 0.717) is 5.88 Å². The summed E-state index contributed by atoms with van der Waals surface area (Å²) in [5.41, 5.74) is -0.237. The topological polar surface area (TPSA) is 79.2 Å². The van der Waals surface area contributed by atoms with Crippen LogP contribution in [-0.4, -0.2) is 23.2 Å². The van der Waals surface area contributed by atoms with Crippen molar-refractivity contribution in [1.29, 1.82) is 5.26 Å². The van der Waals surface area contributed by atoms with Gasteiger partial charge in [0.1, 0.15) is 6.07 Å². The van der Waals surface area contributed by atoms with E-state index in [4.69, 9.17) is 4.74 Å². The molecule has 0 aromatic carbocycles. The third-order valence-electron chi connectivity index (χ3n) is 12.6. The summed E-state index contributed by atoms with van der Waals surface area (Å²) >= 11 is 0. The smallest absolute Gasteiger partial charge is 0.179 e. The lowest BCUT2D eigenvalue weighted by Crippen LogP contribution is -2.69. The van der Waals surface area contributed by atoms with E-state index in [2.05, 4.69) is 52.6 Å². The molecule has 0 bridgehead atoms. The lowest BCUT2D eigenvalue weighted by molar-refractivity contribution is -0.162. The average Bonchev–Trinajstić information content (AvgIpc) is 2.83. The minimum absolute atomic E-state index is 0.0402. The Morgan fingerprint density at radius 1 is 1.05 bits per heavy atom. The van der Waals surface area contributed by atoms with Crippen molar-refractivity contribution in [2.75, 3.05) is 0 Å². The van der Waals surface area contributed by atoms with Gasteiger partial charge in [-0.05, 0) is 99.5 Å². The Morgan fingerprint density at radius 3 is 2.33 bits per heavy atom. The van der Waals surface area contributed by atoms with Crippen molar-refractivity contribution in [1.82, 2.24) is 5.32 Å². The van der Waals surface area contributed by atoms with Crippen LogP contribution in [0.5, 0.6) is 0 Å². The number of hydrogen-bond donors (Lipinski definition) is 1. The van der Waals surface area contributed by atoms with E-state index in [0.717, 1.165) is 50.5 Å². The summed E-state index contributed by atoms with van der Waals surface area (Å²) in [6.45, 7) is 23.9. The van der Waals surface area contributed by atoms with E-state index in [-0.39, 0.29) is 62.8 Å². The molecule has 0 heterocycles. The van der Waals surface area contributed by atoms with Crippen LogP contribution in [-0.2, 0) is 14.3 Å². The molecule has 0 aromatic rings. The van der Waals surface area contributed by atoms with Gasteiger partial charge in [-0.3, -0.25) is 9.59 Å². The summed E-state index contributed by atoms with van der Waals surface area (Å²) in [6, 6.07) is 2.21. The lowest BCUT2D eigenvalue weighted by Gasteiger charge is -2.69. The molecule has 0 radical (unpaired) electrons. The van der Waals surface area contributed by atoms with E-state index < -0.39 is 10.8 Å². The third-order valence-corrected chi connectivity index (χ3v) is 12.6. The molecule has 5 rings (SSSR count). The highest BCUT2D eigenvalue weighted by Crippen LogP contribution is 2.73. The highest BCUT2D eigenvalue weighted by atomic mass is 16.5. The molecule has 0 saturated heterocycles. The minimum Gasteiger partial charge on any atom is -0.477 e. The molecular weight excluding hydrogens is 496 g/mol. The van der Waals surface area contributed by atoms with Crippen LogP contribution in [0, 0.1) is 56.2 Å². The Morgan fingerprint density at radius 2 is 1.70 bits per heavy atom. The summed E-state index contributed by atoms with van der Waals surface area (Å²) in [5, 5.41) is 13.7. The molecule has 40 heavy (non-hydrogen) atoms. The first-order chi connectivity index (χ1) is 18.4. The summed E-state index contributed by atoms with van der Waals surface area (Å²) in [7, 11) is 0. The van der Waals surface area contributed by atoms with Gasteiger partial charge in [0.05, 0.1) is 11.7 Å². The maximum Gasteiger partial charge on any atom is 0.179 e. The fourth-order valence-electron chi connectivity index (χ4n) is 10.4. The number of nitriles is 1. The summed E-state index contributed by atoms with van der Waals surface area (Å²) in [5.74, 6) is 0.908. The Hall–Kier alpha value is -2.35. The molecule has 3 fully saturated rings. The van der Waals surface area contributed by atoms with Crippen molar-refractivity contribution in [2.24, 2.45) is 44.8 Å². The number of nitrogens with zero attached hydrogens (tertiary/aromatic N) is 1. The van der Waals surface area contributed by atoms with Gasteiger partial charge in [-0.1, -0.05) is 60.1 Å². The van der Waals surface area contributed by atoms with Gasteiger partial charge >= 0.3 is 0 Å². The van der Waals surface area contributed by atoms with Crippen LogP contribution in [0.2, 0.25) is 0 Å². The maximum atomic E-state index is 14.6. The van der Waals surface area contributed by atoms with E-state index in [9.17, 15) is 14.9 Å². The lowest BCUT2D eigenvalue weighted by atomic mass is 9.35. The first-order valence-corrected chi connectivity index (χ1v) is 15.4. The van der Waals surface area contributed by atoms with Gasteiger partial charge < -0.3 is 10.1 Å². The standard InChI is InChI=1S/C35H50N2O3/c1-21(2)40-22(3)37-35-15-13-30(4,5)19-24(35)28-25(38)17-27-32(8)18-23(20-36)29(39)31(6,7)26(32)11-12-33(27,9)34(28,10)14-16-35/h17-18,21,24,26,28,37H,3,11-16,19H2,1-2,4-10H3/t24?,26-,28?,32-,33+,34+,35-/m0/s1. The van der Waals surface area contributed by atoms with Crippen molar-refractivity contribution in [3.8, 4) is 6.07 Å². The molecule has 0 aromatic heterocycles. The average molecular weight is 547 g/mol. The molecule has 7 atom stereocenters. The Labute approximate surface area is 241 Å². The summed E-state index contributed by atoms with van der Waals surface area (Å²) in [6.07, 6.45) is 10.8. The predicted molar refractivity (Wildman–Crippen MR) is 158 cm³/mol. The number of ketones is 2. The molecule has 1 N–H and O–H groups in total. The second kappa shape index (κ2) is 8.83. The van der Waals surface area contributed by atoms with Crippen LogP contribution in [0.1, 0.15) is 107 Å². The van der Waals surface area contributed by atoms with Gasteiger partial charge in [-0.15, -0.1) is 0 Å². The van der Waals surface area contributed by atoms with Crippen LogP contribution < -0.4 is 5.32 Å². The van der Waals surface area contributed by atoms with Crippen molar-refractivity contribution in [3.63, 3.8) is 0 Å². The number of fused-ring (bicyclic) bond motifs is 7. The van der Waals surface area contributed by atoms with Crippen molar-refractivity contribution in [3.05, 3.63) is 35.8 Å². The highest BCUT2D eigenvalue weighted by molar-refractivity contribution is 6.04. The number of carbonyl (C=O) groups is 2. The zero-order chi connectivity index (χ0) is 29.7. The fraction of sp³-hybridized carbons (Fsp3) is 0.743. The first-order valence-electron chi connectivity index (χ1n) is 15.4. The monoisotopic (exact) mass is 546 g/mol. The Kier molecular flexibility index (Phi) is 6.43. The van der Waals surface area contributed by atoms with Gasteiger partial charge in [0.15, 0.2) is 17.4 Å². The molecule has 0 aliphatic heterocycles. The summed E-state index contributed by atoms with van der Waals surface area (Å²) < 4.78 is 6.00. The van der Waals surface area contributed by atoms with Crippen molar-refractivity contribution in [2.45, 2.75) is 119 Å². The van der Waals surface area contributed by atoms with Gasteiger partial charge in [0.2, 0.25) is 0 Å². The molecule has 0 amide bonds. The molecule has 5 aliphatic carbocycles. The first kappa shape index (κ1) is 29.2. The normalized spacial score (nSPS) is 43.2. The van der Waals surface area contributed by atoms with E-state index in [1.54, 1.807) is 0 Å². The van der Waals surface area contributed by atoms with Gasteiger partial charge in [-0.2, -0.15) is 5.26 Å². The SMILES string of the molecule is C=C(N[C@]12CCC(C)(C)CC1C1C(=O)C=C3[C@@]4(C)C=C(C#N)C(=O)C(C)(C)[C@@H]4CC[C@@]3(C)[C@]1(C)CC2)OC(C)C. The predicted octanol–water partition coefficient (Wildman–Crippen LogP) is 7.44. The number of ether oxygens (including phenoxy) is 1. The molecule has 5 nitrogen and oxygen atoms in total. The second-order valence-electron chi connectivity index (χ2n) is 16.1. The summed E-state index contributed by atoms with van der Waals surface area (Å²) in [4.78, 5) is 27.9. The molecule has 3 saturated carbocycles. The highest BCUT2D eigenvalue weighted by Gasteiger charge is 2.70. The number of allylic oxidation sites excluding steroid dienone is 4. The van der Waals surface area contributed by atoms with Crippen molar-refractivity contribution < 1.29 is 14.3 Å². The second-order valence-corrected chi connectivity index (χ2v) is 16.1. The van der Waals surface area contributed by atoms with E-state index in [1.165, 1.54) is 0 Å². The molecule has 0 spiro atoms. The van der Waals surface area contributed by atoms with E-state index >= 15 is 0 Å². The van der Waals surface area contributed by atoms with Gasteiger partial charge in [-0.25, -0.2) is 0 Å². The molecule has 5 aliphatic rings. The van der Waals surface area contributed by atoms with E-state index in [1.807, 2.05) is 39.8 Å². The van der Waals surface area contributed by atoms with Gasteiger partial charge in [0, 0.05) is 22.3 Å². The molecule has 5 heteroatoms. The Bertz CT molecular complexity index is 1260. The van der Waals surface area contributed by atoms with Crippen LogP contribution in [0.15, 0.2) is 35.8 Å². The van der Waals surface area contributed by atoms with Crippen LogP contribution in [0.4, 0.5) is 0 Å². The third kappa shape index (κ3) is 3.83. The van der Waals surface area contributed by atoms with Crippen LogP contribution in [0.3, 0.4) is 0 Å². The van der Waals surface area contributed by atoms with Crippen LogP contribution in [0.25, 0.3) is 0 Å². The molecule has 218 valence electrons. The zero-order valence-corrected chi connectivity index (χ0v) is 26.3. The maximum absolute atomic E-state index is 14.6. The molecule has 2 unspecified atom stereocenters. The largest absolute Gasteiger partial charge is 0.477 e. The number of carbonyl (C=O) groups excluding carboxylic acids is 2. The number of hydrogen-bond acceptors (Lipinski definition) is 5. The van der Waals surface area contributed by atoms with Crippen molar-refractivity contribution >= 4 is 11.6 Å². The van der Waals surface area contributed by atoms with Crippen LogP contribution >= 0.6 is 0 Å². The number of rotatable bonds is 4. The number of nitrogens with one attached hydrogen (secondary N) is 1. The number of Topliss-reactive ketones (excluding diaryl/α,β-unsaturated/α-hetero) is 1. The van der Waals surface area contributed by atoms with Gasteiger partial charge in [0.25, 0.3) is 0 Å².